The van der Waals surface area contributed by atoms with Crippen molar-refractivity contribution >= 4 is 21.7 Å². The molecule has 2 aliphatic heterocycles. The largest absolute Gasteiger partial charge is 0.478 e. The molecular weight excluding hydrogens is 358 g/mol. The van der Waals surface area contributed by atoms with Gasteiger partial charge in [0, 0.05) is 26.0 Å². The lowest BCUT2D eigenvalue weighted by Crippen LogP contribution is -2.30. The molecule has 4 rings (SSSR count). The van der Waals surface area contributed by atoms with Crippen LogP contribution in [0.1, 0.15) is 34.8 Å². The minimum absolute atomic E-state index is 0.000367. The highest BCUT2D eigenvalue weighted by atomic mass is 32.2. The van der Waals surface area contributed by atoms with E-state index in [2.05, 4.69) is 5.10 Å². The molecule has 2 aromatic rings. The molecule has 0 atom stereocenters. The molecule has 1 aromatic carbocycles. The average molecular weight is 377 g/mol. The van der Waals surface area contributed by atoms with Gasteiger partial charge in [0.05, 0.1) is 23.5 Å². The molecule has 1 fully saturated rings. The Kier molecular flexibility index (Phi) is 4.20. The van der Waals surface area contributed by atoms with Crippen molar-refractivity contribution in [2.75, 3.05) is 24.1 Å². The summed E-state index contributed by atoms with van der Waals surface area (Å²) in [5.41, 5.74) is 0.990. The third kappa shape index (κ3) is 2.77. The molecular formula is C17H19N3O5S. The molecule has 26 heavy (non-hydrogen) atoms. The van der Waals surface area contributed by atoms with Gasteiger partial charge in [-0.25, -0.2) is 13.2 Å². The van der Waals surface area contributed by atoms with Crippen LogP contribution in [-0.4, -0.2) is 49.0 Å². The van der Waals surface area contributed by atoms with E-state index in [4.69, 9.17) is 4.74 Å². The summed E-state index contributed by atoms with van der Waals surface area (Å²) >= 11 is 0. The number of aromatic nitrogens is 2. The fourth-order valence-electron chi connectivity index (χ4n) is 3.56. The number of aromatic carboxylic acids is 1. The number of para-hydroxylation sites is 1. The third-order valence-electron chi connectivity index (χ3n) is 4.91. The van der Waals surface area contributed by atoms with Crippen LogP contribution in [0.2, 0.25) is 0 Å². The van der Waals surface area contributed by atoms with Gasteiger partial charge in [0.15, 0.2) is 0 Å². The number of benzene rings is 1. The number of ether oxygens (including phenoxy) is 1. The summed E-state index contributed by atoms with van der Waals surface area (Å²) < 4.78 is 34.4. The van der Waals surface area contributed by atoms with Gasteiger partial charge in [-0.1, -0.05) is 12.1 Å². The van der Waals surface area contributed by atoms with E-state index in [1.54, 1.807) is 16.8 Å². The van der Waals surface area contributed by atoms with E-state index in [9.17, 15) is 18.3 Å². The topological polar surface area (TPSA) is 102 Å². The zero-order valence-corrected chi connectivity index (χ0v) is 14.9. The lowest BCUT2D eigenvalue weighted by Gasteiger charge is -2.22. The standard InChI is InChI=1S/C17H19N3O5S/c21-17(22)15-3-1-2-12-4-7-20(16(12)15)26(23,24)14-10-18-19(11-14)13-5-8-25-9-6-13/h1-3,10-11,13H,4-9H2,(H,21,22). The van der Waals surface area contributed by atoms with Gasteiger partial charge in [-0.15, -0.1) is 0 Å². The Morgan fingerprint density at radius 1 is 1.27 bits per heavy atom. The van der Waals surface area contributed by atoms with Crippen LogP contribution in [0.3, 0.4) is 0 Å². The van der Waals surface area contributed by atoms with Crippen molar-refractivity contribution in [1.82, 2.24) is 9.78 Å². The molecule has 0 aliphatic carbocycles. The van der Waals surface area contributed by atoms with Gasteiger partial charge < -0.3 is 9.84 Å². The van der Waals surface area contributed by atoms with E-state index in [0.29, 0.717) is 19.6 Å². The fourth-order valence-corrected chi connectivity index (χ4v) is 5.03. The zero-order valence-electron chi connectivity index (χ0n) is 14.0. The highest BCUT2D eigenvalue weighted by Crippen LogP contribution is 2.36. The number of nitrogens with zero attached hydrogens (tertiary/aromatic N) is 3. The van der Waals surface area contributed by atoms with Crippen LogP contribution in [-0.2, 0) is 21.2 Å². The van der Waals surface area contributed by atoms with E-state index >= 15 is 0 Å². The smallest absolute Gasteiger partial charge is 0.337 e. The maximum absolute atomic E-state index is 13.1. The minimum atomic E-state index is -3.87. The van der Waals surface area contributed by atoms with Gasteiger partial charge >= 0.3 is 5.97 Å². The van der Waals surface area contributed by atoms with Crippen LogP contribution in [0, 0.1) is 0 Å². The van der Waals surface area contributed by atoms with Crippen molar-refractivity contribution in [2.45, 2.75) is 30.2 Å². The van der Waals surface area contributed by atoms with E-state index in [1.165, 1.54) is 22.8 Å². The van der Waals surface area contributed by atoms with E-state index in [-0.39, 0.29) is 28.7 Å². The molecule has 138 valence electrons. The maximum atomic E-state index is 13.1. The molecule has 2 aliphatic rings. The van der Waals surface area contributed by atoms with Crippen LogP contribution in [0.25, 0.3) is 0 Å². The normalized spacial score (nSPS) is 18.1. The van der Waals surface area contributed by atoms with Gasteiger partial charge in [0.25, 0.3) is 10.0 Å². The van der Waals surface area contributed by atoms with Gasteiger partial charge in [0.1, 0.15) is 4.90 Å². The number of rotatable bonds is 4. The highest BCUT2D eigenvalue weighted by molar-refractivity contribution is 7.92. The molecule has 0 saturated carbocycles. The van der Waals surface area contributed by atoms with Crippen LogP contribution >= 0.6 is 0 Å². The Labute approximate surface area is 151 Å². The number of carboxylic acids is 1. The molecule has 0 bridgehead atoms. The summed E-state index contributed by atoms with van der Waals surface area (Å²) in [4.78, 5) is 11.6. The molecule has 3 heterocycles. The second-order valence-corrected chi connectivity index (χ2v) is 8.31. The first-order chi connectivity index (χ1) is 12.5. The lowest BCUT2D eigenvalue weighted by molar-refractivity contribution is 0.0661. The number of carboxylic acid groups (broad SMARTS) is 1. The number of sulfonamides is 1. The number of hydrogen-bond acceptors (Lipinski definition) is 5. The second kappa shape index (κ2) is 6.40. The molecule has 0 radical (unpaired) electrons. The first kappa shape index (κ1) is 17.0. The molecule has 0 spiro atoms. The summed E-state index contributed by atoms with van der Waals surface area (Å²) in [5, 5.41) is 13.7. The van der Waals surface area contributed by atoms with Crippen LogP contribution in [0.4, 0.5) is 5.69 Å². The first-order valence-corrected chi connectivity index (χ1v) is 9.92. The Morgan fingerprint density at radius 3 is 2.77 bits per heavy atom. The zero-order chi connectivity index (χ0) is 18.3. The Hall–Kier alpha value is -2.39. The predicted molar refractivity (Wildman–Crippen MR) is 93.0 cm³/mol. The van der Waals surface area contributed by atoms with Crippen molar-refractivity contribution < 1.29 is 23.1 Å². The quantitative estimate of drug-likeness (QED) is 0.870. The Bertz CT molecular complexity index is 947. The molecule has 1 aromatic heterocycles. The summed E-state index contributed by atoms with van der Waals surface area (Å²) in [6.45, 7) is 1.49. The SMILES string of the molecule is O=C(O)c1cccc2c1N(S(=O)(=O)c1cnn(C3CCOCC3)c1)CC2. The average Bonchev–Trinajstić information content (AvgIpc) is 3.30. The number of fused-ring (bicyclic) bond motifs is 1. The van der Waals surface area contributed by atoms with Crippen molar-refractivity contribution in [2.24, 2.45) is 0 Å². The summed E-state index contributed by atoms with van der Waals surface area (Å²) in [5.74, 6) is -1.14. The first-order valence-electron chi connectivity index (χ1n) is 8.48. The molecule has 1 saturated heterocycles. The van der Waals surface area contributed by atoms with Crippen molar-refractivity contribution in [3.63, 3.8) is 0 Å². The van der Waals surface area contributed by atoms with E-state index in [1.807, 2.05) is 0 Å². The second-order valence-electron chi connectivity index (χ2n) is 6.45. The maximum Gasteiger partial charge on any atom is 0.337 e. The van der Waals surface area contributed by atoms with Crippen LogP contribution in [0.15, 0.2) is 35.5 Å². The summed E-state index contributed by atoms with van der Waals surface area (Å²) in [6.07, 6.45) is 4.94. The number of hydrogen-bond donors (Lipinski definition) is 1. The van der Waals surface area contributed by atoms with E-state index < -0.39 is 16.0 Å². The molecule has 0 amide bonds. The third-order valence-corrected chi connectivity index (χ3v) is 6.67. The monoisotopic (exact) mass is 377 g/mol. The van der Waals surface area contributed by atoms with E-state index in [0.717, 1.165) is 18.4 Å². The van der Waals surface area contributed by atoms with Crippen molar-refractivity contribution in [1.29, 1.82) is 0 Å². The lowest BCUT2D eigenvalue weighted by atomic mass is 10.1. The fraction of sp³-hybridized carbons (Fsp3) is 0.412. The van der Waals surface area contributed by atoms with Crippen molar-refractivity contribution in [3.8, 4) is 0 Å². The Balaban J connectivity index is 1.69. The van der Waals surface area contributed by atoms with Gasteiger partial charge in [0.2, 0.25) is 0 Å². The minimum Gasteiger partial charge on any atom is -0.478 e. The Morgan fingerprint density at radius 2 is 2.04 bits per heavy atom. The summed E-state index contributed by atoms with van der Waals surface area (Å²) in [6, 6.07) is 4.96. The van der Waals surface area contributed by atoms with Gasteiger partial charge in [-0.05, 0) is 30.9 Å². The van der Waals surface area contributed by atoms with Crippen LogP contribution < -0.4 is 4.31 Å². The predicted octanol–water partition coefficient (Wildman–Crippen LogP) is 1.68. The summed E-state index contributed by atoms with van der Waals surface area (Å²) in [7, 11) is -3.87. The number of anilines is 1. The molecule has 9 heteroatoms. The van der Waals surface area contributed by atoms with Crippen molar-refractivity contribution in [3.05, 3.63) is 41.7 Å². The molecule has 1 N–H and O–H groups in total. The van der Waals surface area contributed by atoms with Gasteiger partial charge in [-0.2, -0.15) is 5.10 Å². The van der Waals surface area contributed by atoms with Gasteiger partial charge in [-0.3, -0.25) is 8.99 Å². The number of carbonyl (C=O) groups is 1. The van der Waals surface area contributed by atoms with Crippen LogP contribution in [0.5, 0.6) is 0 Å². The molecule has 0 unspecified atom stereocenters. The highest BCUT2D eigenvalue weighted by Gasteiger charge is 2.35. The molecule has 8 nitrogen and oxygen atoms in total.